The normalized spacial score (nSPS) is 10.4. The molecule has 1 aromatic carbocycles. The first-order chi connectivity index (χ1) is 7.32. The highest BCUT2D eigenvalue weighted by Gasteiger charge is 2.14. The summed E-state index contributed by atoms with van der Waals surface area (Å²) in [4.78, 5) is 0. The summed E-state index contributed by atoms with van der Waals surface area (Å²) in [7, 11) is 0. The molecule has 0 heterocycles. The minimum absolute atomic E-state index is 0.114. The Morgan fingerprint density at radius 1 is 1.19 bits per heavy atom. The van der Waals surface area contributed by atoms with E-state index in [9.17, 15) is 0 Å². The minimum Gasteiger partial charge on any atom is -0.398 e. The molecule has 0 radical (unpaired) electrons. The summed E-state index contributed by atoms with van der Waals surface area (Å²) in [6.07, 6.45) is 0. The Morgan fingerprint density at radius 3 is 2.00 bits per heavy atom. The van der Waals surface area contributed by atoms with Gasteiger partial charge in [0.2, 0.25) is 0 Å². The lowest BCUT2D eigenvalue weighted by molar-refractivity contribution is 0.590. The third kappa shape index (κ3) is 3.69. The number of hydrogen-bond donors (Lipinski definition) is 2. The van der Waals surface area contributed by atoms with Gasteiger partial charge in [-0.05, 0) is 24.0 Å². The van der Waals surface area contributed by atoms with Gasteiger partial charge in [0.05, 0.1) is 0 Å². The van der Waals surface area contributed by atoms with Crippen LogP contribution in [0.4, 0.5) is 5.69 Å². The third-order valence-electron chi connectivity index (χ3n) is 2.32. The van der Waals surface area contributed by atoms with Crippen LogP contribution in [-0.4, -0.2) is 5.71 Å². The zero-order valence-electron chi connectivity index (χ0n) is 11.3. The molecule has 3 N–H and O–H groups in total. The summed E-state index contributed by atoms with van der Waals surface area (Å²) in [6, 6.07) is 5.94. The maximum absolute atomic E-state index is 7.52. The highest BCUT2D eigenvalue weighted by molar-refractivity contribution is 6.00. The van der Waals surface area contributed by atoms with E-state index in [1.165, 1.54) is 5.56 Å². The van der Waals surface area contributed by atoms with Crippen molar-refractivity contribution in [1.29, 1.82) is 5.41 Å². The Balaban J connectivity index is 0.00000106. The largest absolute Gasteiger partial charge is 0.398 e. The predicted octanol–water partition coefficient (Wildman–Crippen LogP) is 3.98. The van der Waals surface area contributed by atoms with E-state index in [1.54, 1.807) is 6.92 Å². The summed E-state index contributed by atoms with van der Waals surface area (Å²) in [5.74, 6) is 0. The smallest absolute Gasteiger partial charge is 0.0408 e. The van der Waals surface area contributed by atoms with Gasteiger partial charge in [0.25, 0.3) is 0 Å². The maximum atomic E-state index is 7.52. The van der Waals surface area contributed by atoms with Crippen LogP contribution < -0.4 is 5.73 Å². The average molecular weight is 220 g/mol. The molecule has 2 heteroatoms. The standard InChI is InChI=1S/C12H18N2.C2H6/c1-8(13)10-6-5-9(7-11(10)14)12(2,3)4;1-2/h5-7,13H,14H2,1-4H3;1-2H3. The lowest BCUT2D eigenvalue weighted by Gasteiger charge is -2.20. The van der Waals surface area contributed by atoms with Gasteiger partial charge in [-0.3, -0.25) is 0 Å². The quantitative estimate of drug-likeness (QED) is 0.546. The maximum Gasteiger partial charge on any atom is 0.0408 e. The molecule has 0 atom stereocenters. The van der Waals surface area contributed by atoms with Crippen molar-refractivity contribution < 1.29 is 0 Å². The van der Waals surface area contributed by atoms with Crippen LogP contribution in [0.25, 0.3) is 0 Å². The van der Waals surface area contributed by atoms with Crippen molar-refractivity contribution in [1.82, 2.24) is 0 Å². The van der Waals surface area contributed by atoms with Gasteiger partial charge in [-0.15, -0.1) is 0 Å². The first kappa shape index (κ1) is 14.7. The zero-order chi connectivity index (χ0) is 12.9. The molecular weight excluding hydrogens is 196 g/mol. The van der Waals surface area contributed by atoms with Gasteiger partial charge >= 0.3 is 0 Å². The number of nitrogens with one attached hydrogen (secondary N) is 1. The van der Waals surface area contributed by atoms with Crippen molar-refractivity contribution in [2.45, 2.75) is 47.0 Å². The molecule has 0 unspecified atom stereocenters. The van der Waals surface area contributed by atoms with E-state index in [0.29, 0.717) is 11.4 Å². The van der Waals surface area contributed by atoms with Crippen LogP contribution in [-0.2, 0) is 5.41 Å². The van der Waals surface area contributed by atoms with E-state index in [1.807, 2.05) is 32.0 Å². The molecule has 1 aromatic rings. The van der Waals surface area contributed by atoms with Gasteiger partial charge in [0.15, 0.2) is 0 Å². The first-order valence-corrected chi connectivity index (χ1v) is 5.78. The van der Waals surface area contributed by atoms with Gasteiger partial charge in [0, 0.05) is 17.0 Å². The Bertz CT molecular complexity index is 359. The highest BCUT2D eigenvalue weighted by atomic mass is 14.6. The van der Waals surface area contributed by atoms with Crippen LogP contribution in [0, 0.1) is 5.41 Å². The van der Waals surface area contributed by atoms with Crippen molar-refractivity contribution in [2.24, 2.45) is 0 Å². The second-order valence-electron chi connectivity index (χ2n) is 4.68. The van der Waals surface area contributed by atoms with Gasteiger partial charge in [-0.2, -0.15) is 0 Å². The average Bonchev–Trinajstić information content (AvgIpc) is 2.18. The summed E-state index contributed by atoms with van der Waals surface area (Å²) in [5, 5.41) is 7.52. The van der Waals surface area contributed by atoms with E-state index < -0.39 is 0 Å². The van der Waals surface area contributed by atoms with Gasteiger partial charge in [-0.25, -0.2) is 0 Å². The molecule has 0 aromatic heterocycles. The molecule has 0 spiro atoms. The predicted molar refractivity (Wildman–Crippen MR) is 73.4 cm³/mol. The van der Waals surface area contributed by atoms with Crippen LogP contribution >= 0.6 is 0 Å². The zero-order valence-corrected chi connectivity index (χ0v) is 11.3. The monoisotopic (exact) mass is 220 g/mol. The molecule has 90 valence electrons. The fourth-order valence-electron chi connectivity index (χ4n) is 1.37. The fourth-order valence-corrected chi connectivity index (χ4v) is 1.37. The number of nitrogens with two attached hydrogens (primary N) is 1. The van der Waals surface area contributed by atoms with E-state index in [4.69, 9.17) is 11.1 Å². The van der Waals surface area contributed by atoms with E-state index in [2.05, 4.69) is 20.8 Å². The van der Waals surface area contributed by atoms with Crippen molar-refractivity contribution in [2.75, 3.05) is 5.73 Å². The Kier molecular flexibility index (Phi) is 5.22. The third-order valence-corrected chi connectivity index (χ3v) is 2.32. The Labute approximate surface area is 99.4 Å². The molecule has 0 bridgehead atoms. The fraction of sp³-hybridized carbons (Fsp3) is 0.500. The highest BCUT2D eigenvalue weighted by Crippen LogP contribution is 2.25. The van der Waals surface area contributed by atoms with Crippen LogP contribution in [0.5, 0.6) is 0 Å². The van der Waals surface area contributed by atoms with Crippen LogP contribution in [0.1, 0.15) is 52.7 Å². The van der Waals surface area contributed by atoms with Crippen LogP contribution in [0.2, 0.25) is 0 Å². The summed E-state index contributed by atoms with van der Waals surface area (Å²) in [6.45, 7) is 12.2. The summed E-state index contributed by atoms with van der Waals surface area (Å²) < 4.78 is 0. The van der Waals surface area contributed by atoms with Crippen molar-refractivity contribution in [3.05, 3.63) is 29.3 Å². The number of hydrogen-bond acceptors (Lipinski definition) is 2. The molecule has 0 aliphatic rings. The lowest BCUT2D eigenvalue weighted by atomic mass is 9.86. The van der Waals surface area contributed by atoms with Crippen LogP contribution in [0.15, 0.2) is 18.2 Å². The number of nitrogen functional groups attached to an aromatic ring is 1. The first-order valence-electron chi connectivity index (χ1n) is 5.78. The second kappa shape index (κ2) is 5.69. The molecule has 1 rings (SSSR count). The van der Waals surface area contributed by atoms with Crippen molar-refractivity contribution in [3.8, 4) is 0 Å². The molecule has 0 fully saturated rings. The molecule has 2 nitrogen and oxygen atoms in total. The Hall–Kier alpha value is -1.31. The molecule has 16 heavy (non-hydrogen) atoms. The summed E-state index contributed by atoms with van der Waals surface area (Å²) >= 11 is 0. The summed E-state index contributed by atoms with van der Waals surface area (Å²) in [5.41, 5.74) is 9.25. The molecule has 0 aliphatic heterocycles. The van der Waals surface area contributed by atoms with E-state index in [0.717, 1.165) is 5.56 Å². The SMILES string of the molecule is CC.CC(=N)c1ccc(C(C)(C)C)cc1N. The van der Waals surface area contributed by atoms with Gasteiger partial charge in [0.1, 0.15) is 0 Å². The molecule has 0 amide bonds. The number of benzene rings is 1. The van der Waals surface area contributed by atoms with Gasteiger partial charge in [-0.1, -0.05) is 46.8 Å². The van der Waals surface area contributed by atoms with Crippen molar-refractivity contribution >= 4 is 11.4 Å². The Morgan fingerprint density at radius 2 is 1.69 bits per heavy atom. The molecular formula is C14H24N2. The van der Waals surface area contributed by atoms with Crippen LogP contribution in [0.3, 0.4) is 0 Å². The number of rotatable bonds is 1. The lowest BCUT2D eigenvalue weighted by Crippen LogP contribution is -2.12. The molecule has 0 saturated heterocycles. The topological polar surface area (TPSA) is 49.9 Å². The number of anilines is 1. The minimum atomic E-state index is 0.114. The molecule has 0 saturated carbocycles. The van der Waals surface area contributed by atoms with E-state index >= 15 is 0 Å². The van der Waals surface area contributed by atoms with E-state index in [-0.39, 0.29) is 5.41 Å². The van der Waals surface area contributed by atoms with Crippen molar-refractivity contribution in [3.63, 3.8) is 0 Å². The van der Waals surface area contributed by atoms with Gasteiger partial charge < -0.3 is 11.1 Å². The second-order valence-corrected chi connectivity index (χ2v) is 4.68. The molecule has 0 aliphatic carbocycles.